The number of rotatable bonds is 2. The Morgan fingerprint density at radius 3 is 2.91 bits per heavy atom. The van der Waals surface area contributed by atoms with Crippen molar-refractivity contribution in [2.45, 2.75) is 0 Å². The summed E-state index contributed by atoms with van der Waals surface area (Å²) in [4.78, 5) is 7.65. The second kappa shape index (κ2) is 3.35. The van der Waals surface area contributed by atoms with Gasteiger partial charge in [-0.05, 0) is 0 Å². The van der Waals surface area contributed by atoms with Crippen molar-refractivity contribution < 1.29 is 0 Å². The predicted octanol–water partition coefficient (Wildman–Crippen LogP) is -0.713. The molecule has 0 saturated carbocycles. The fraction of sp³-hybridized carbons (Fsp3) is 0. The van der Waals surface area contributed by atoms with Crippen molar-refractivity contribution in [3.05, 3.63) is 18.6 Å². The van der Waals surface area contributed by atoms with Crippen LogP contribution in [0.3, 0.4) is 0 Å². The molecular weight excluding hydrogens is 144 g/mol. The molecule has 0 spiro atoms. The zero-order valence-corrected chi connectivity index (χ0v) is 5.70. The van der Waals surface area contributed by atoms with Crippen molar-refractivity contribution >= 4 is 11.8 Å². The number of aromatic nitrogens is 2. The maximum Gasteiger partial charge on any atom is 0.204 e. The molecule has 1 aromatic rings. The fourth-order valence-corrected chi connectivity index (χ4v) is 0.495. The molecule has 6 nitrogen and oxygen atoms in total. The van der Waals surface area contributed by atoms with E-state index in [1.807, 2.05) is 0 Å². The highest BCUT2D eigenvalue weighted by Crippen LogP contribution is 1.92. The van der Waals surface area contributed by atoms with E-state index in [0.29, 0.717) is 5.82 Å². The smallest absolute Gasteiger partial charge is 0.204 e. The standard InChI is InChI=1S/C5H8N6/c6-5(7)11-10-4-3-8-1-2-9-4/h1-3H,(H,9,10)(H4,6,7,11). The highest BCUT2D eigenvalue weighted by molar-refractivity contribution is 5.75. The Balaban J connectivity index is 2.45. The molecule has 0 fully saturated rings. The average Bonchev–Trinajstić information content (AvgIpc) is 2.03. The summed E-state index contributed by atoms with van der Waals surface area (Å²) in [6, 6.07) is 0. The van der Waals surface area contributed by atoms with Crippen LogP contribution in [0.15, 0.2) is 18.6 Å². The first-order chi connectivity index (χ1) is 5.29. The van der Waals surface area contributed by atoms with E-state index in [1.165, 1.54) is 12.4 Å². The quantitative estimate of drug-likeness (QED) is 0.255. The molecule has 0 amide bonds. The number of nitrogens with zero attached hydrogens (tertiary/aromatic N) is 2. The lowest BCUT2D eigenvalue weighted by Gasteiger charge is -2.04. The molecule has 0 aliphatic carbocycles. The van der Waals surface area contributed by atoms with Gasteiger partial charge in [0, 0.05) is 12.4 Å². The molecule has 1 rings (SSSR count). The Morgan fingerprint density at radius 2 is 2.36 bits per heavy atom. The van der Waals surface area contributed by atoms with Crippen LogP contribution in [0.1, 0.15) is 0 Å². The van der Waals surface area contributed by atoms with Crippen LogP contribution in [0.4, 0.5) is 5.82 Å². The van der Waals surface area contributed by atoms with Crippen LogP contribution in [0, 0.1) is 5.41 Å². The van der Waals surface area contributed by atoms with Crippen LogP contribution in [0.5, 0.6) is 0 Å². The summed E-state index contributed by atoms with van der Waals surface area (Å²) in [5.41, 5.74) is 9.94. The predicted molar refractivity (Wildman–Crippen MR) is 40.7 cm³/mol. The molecule has 0 radical (unpaired) electrons. The number of hydrogen-bond acceptors (Lipinski definition) is 4. The van der Waals surface area contributed by atoms with Crippen molar-refractivity contribution in [2.24, 2.45) is 5.73 Å². The maximum absolute atomic E-state index is 6.80. The number of nitrogens with two attached hydrogens (primary N) is 1. The molecule has 58 valence electrons. The highest BCUT2D eigenvalue weighted by atomic mass is 15.4. The molecule has 0 aromatic carbocycles. The van der Waals surface area contributed by atoms with E-state index in [2.05, 4.69) is 20.8 Å². The van der Waals surface area contributed by atoms with E-state index in [4.69, 9.17) is 11.1 Å². The van der Waals surface area contributed by atoms with Crippen molar-refractivity contribution in [2.75, 3.05) is 5.43 Å². The van der Waals surface area contributed by atoms with Gasteiger partial charge in [-0.15, -0.1) is 0 Å². The Kier molecular flexibility index (Phi) is 2.21. The van der Waals surface area contributed by atoms with Gasteiger partial charge in [0.05, 0.1) is 6.20 Å². The van der Waals surface area contributed by atoms with Crippen LogP contribution < -0.4 is 16.6 Å². The number of hydrazine groups is 1. The molecular formula is C5H8N6. The second-order valence-corrected chi connectivity index (χ2v) is 1.75. The zero-order chi connectivity index (χ0) is 8.10. The van der Waals surface area contributed by atoms with Gasteiger partial charge in [-0.1, -0.05) is 0 Å². The summed E-state index contributed by atoms with van der Waals surface area (Å²) < 4.78 is 0. The van der Waals surface area contributed by atoms with E-state index in [1.54, 1.807) is 6.20 Å². The van der Waals surface area contributed by atoms with E-state index >= 15 is 0 Å². The largest absolute Gasteiger partial charge is 0.369 e. The molecule has 0 unspecified atom stereocenters. The van der Waals surface area contributed by atoms with Gasteiger partial charge in [0.2, 0.25) is 5.96 Å². The monoisotopic (exact) mass is 152 g/mol. The summed E-state index contributed by atoms with van der Waals surface area (Å²) in [6.07, 6.45) is 4.60. The molecule has 5 N–H and O–H groups in total. The molecule has 0 saturated heterocycles. The van der Waals surface area contributed by atoms with Crippen LogP contribution in [-0.2, 0) is 0 Å². The lowest BCUT2D eigenvalue weighted by atomic mass is 10.7. The molecule has 0 aliphatic rings. The van der Waals surface area contributed by atoms with Crippen LogP contribution in [-0.4, -0.2) is 15.9 Å². The molecule has 0 bridgehead atoms. The van der Waals surface area contributed by atoms with Crippen LogP contribution in [0.25, 0.3) is 0 Å². The third-order valence-electron chi connectivity index (χ3n) is 0.888. The number of anilines is 1. The van der Waals surface area contributed by atoms with Gasteiger partial charge in [-0.2, -0.15) is 0 Å². The molecule has 1 heterocycles. The Morgan fingerprint density at radius 1 is 1.55 bits per heavy atom. The molecule has 0 atom stereocenters. The molecule has 0 aliphatic heterocycles. The first kappa shape index (κ1) is 7.26. The van der Waals surface area contributed by atoms with Gasteiger partial charge < -0.3 is 5.73 Å². The van der Waals surface area contributed by atoms with Gasteiger partial charge in [-0.3, -0.25) is 21.2 Å². The molecule has 6 heteroatoms. The Bertz CT molecular complexity index is 232. The first-order valence-corrected chi connectivity index (χ1v) is 2.91. The minimum absolute atomic E-state index is 0.171. The lowest BCUT2D eigenvalue weighted by Crippen LogP contribution is -2.35. The van der Waals surface area contributed by atoms with Gasteiger partial charge in [-0.25, -0.2) is 4.98 Å². The SMILES string of the molecule is N=C(N)NNc1cnccn1. The van der Waals surface area contributed by atoms with Crippen LogP contribution in [0.2, 0.25) is 0 Å². The first-order valence-electron chi connectivity index (χ1n) is 2.91. The topological polar surface area (TPSA) is 99.7 Å². The van der Waals surface area contributed by atoms with E-state index in [0.717, 1.165) is 0 Å². The normalized spacial score (nSPS) is 8.73. The second-order valence-electron chi connectivity index (χ2n) is 1.75. The van der Waals surface area contributed by atoms with E-state index in [-0.39, 0.29) is 5.96 Å². The van der Waals surface area contributed by atoms with Crippen molar-refractivity contribution in [3.63, 3.8) is 0 Å². The van der Waals surface area contributed by atoms with Gasteiger partial charge in [0.15, 0.2) is 5.82 Å². The lowest BCUT2D eigenvalue weighted by molar-refractivity contribution is 1.03. The Labute approximate surface area is 63.3 Å². The summed E-state index contributed by atoms with van der Waals surface area (Å²) in [5.74, 6) is 0.346. The van der Waals surface area contributed by atoms with Crippen molar-refractivity contribution in [1.82, 2.24) is 15.4 Å². The highest BCUT2D eigenvalue weighted by Gasteiger charge is 1.89. The third-order valence-corrected chi connectivity index (χ3v) is 0.888. The molecule has 11 heavy (non-hydrogen) atoms. The van der Waals surface area contributed by atoms with E-state index < -0.39 is 0 Å². The number of nitrogens with one attached hydrogen (secondary N) is 3. The summed E-state index contributed by atoms with van der Waals surface area (Å²) in [5, 5.41) is 6.80. The number of guanidine groups is 1. The average molecular weight is 152 g/mol. The summed E-state index contributed by atoms with van der Waals surface area (Å²) >= 11 is 0. The van der Waals surface area contributed by atoms with E-state index in [9.17, 15) is 0 Å². The van der Waals surface area contributed by atoms with Gasteiger partial charge in [0.25, 0.3) is 0 Å². The summed E-state index contributed by atoms with van der Waals surface area (Å²) in [7, 11) is 0. The van der Waals surface area contributed by atoms with Crippen molar-refractivity contribution in [1.29, 1.82) is 5.41 Å². The van der Waals surface area contributed by atoms with Gasteiger partial charge in [0.1, 0.15) is 0 Å². The minimum atomic E-state index is -0.171. The maximum atomic E-state index is 6.80. The zero-order valence-electron chi connectivity index (χ0n) is 5.70. The fourth-order valence-electron chi connectivity index (χ4n) is 0.495. The minimum Gasteiger partial charge on any atom is -0.369 e. The summed E-state index contributed by atoms with van der Waals surface area (Å²) in [6.45, 7) is 0. The number of hydrogen-bond donors (Lipinski definition) is 4. The Hall–Kier alpha value is -1.85. The van der Waals surface area contributed by atoms with Crippen LogP contribution >= 0.6 is 0 Å². The molecule has 1 aromatic heterocycles. The third kappa shape index (κ3) is 2.48. The van der Waals surface area contributed by atoms with Crippen molar-refractivity contribution in [3.8, 4) is 0 Å². The van der Waals surface area contributed by atoms with Gasteiger partial charge >= 0.3 is 0 Å².